The molecule has 3 aromatic carbocycles. The number of fused-ring (bicyclic) bond motifs is 1. The zero-order valence-corrected chi connectivity index (χ0v) is 15.5. The van der Waals surface area contributed by atoms with Gasteiger partial charge < -0.3 is 9.84 Å². The van der Waals surface area contributed by atoms with Crippen molar-refractivity contribution in [3.05, 3.63) is 89.7 Å². The van der Waals surface area contributed by atoms with Crippen LogP contribution in [0.4, 0.5) is 0 Å². The molecule has 1 heterocycles. The van der Waals surface area contributed by atoms with Crippen LogP contribution < -0.4 is 9.54 Å². The van der Waals surface area contributed by atoms with Gasteiger partial charge in [-0.2, -0.15) is 0 Å². The zero-order chi connectivity index (χ0) is 18.5. The van der Waals surface area contributed by atoms with E-state index in [4.69, 9.17) is 4.74 Å². The summed E-state index contributed by atoms with van der Waals surface area (Å²) in [4.78, 5) is 5.55. The van der Waals surface area contributed by atoms with Crippen LogP contribution in [0, 0.1) is 0 Å². The Bertz CT molecular complexity index is 1070. The predicted molar refractivity (Wildman–Crippen MR) is 110 cm³/mol. The molecule has 4 rings (SSSR count). The molecule has 0 saturated carbocycles. The van der Waals surface area contributed by atoms with E-state index in [1.54, 1.807) is 11.3 Å². The van der Waals surface area contributed by atoms with Gasteiger partial charge in [0.25, 0.3) is 0 Å². The standard InChI is InChI=1S/C22H20N2O2S/c25-18(16-26-19-11-5-2-6-12-19)15-23-22-24(17-9-3-1-4-10-17)20-13-7-8-14-21(20)27-22/h1-14,18,25H,15-16H2. The van der Waals surface area contributed by atoms with Crippen molar-refractivity contribution in [2.45, 2.75) is 6.10 Å². The Morgan fingerprint density at radius 3 is 2.33 bits per heavy atom. The minimum absolute atomic E-state index is 0.212. The number of nitrogens with zero attached hydrogens (tertiary/aromatic N) is 2. The topological polar surface area (TPSA) is 46.8 Å². The Balaban J connectivity index is 1.59. The van der Waals surface area contributed by atoms with Crippen LogP contribution >= 0.6 is 11.3 Å². The molecule has 0 bridgehead atoms. The van der Waals surface area contributed by atoms with Crippen LogP contribution in [0.2, 0.25) is 0 Å². The molecule has 0 aliphatic heterocycles. The highest BCUT2D eigenvalue weighted by Crippen LogP contribution is 2.20. The van der Waals surface area contributed by atoms with Crippen LogP contribution in [0.3, 0.4) is 0 Å². The Morgan fingerprint density at radius 1 is 0.889 bits per heavy atom. The minimum Gasteiger partial charge on any atom is -0.491 e. The third-order valence-electron chi connectivity index (χ3n) is 4.14. The Kier molecular flexibility index (Phi) is 5.32. The third kappa shape index (κ3) is 4.10. The molecule has 5 heteroatoms. The summed E-state index contributed by atoms with van der Waals surface area (Å²) in [5.74, 6) is 0.748. The summed E-state index contributed by atoms with van der Waals surface area (Å²) in [6.07, 6.45) is -0.667. The molecule has 1 N–H and O–H groups in total. The van der Waals surface area contributed by atoms with Crippen molar-refractivity contribution >= 4 is 21.6 Å². The van der Waals surface area contributed by atoms with E-state index in [0.717, 1.165) is 26.5 Å². The number of aromatic nitrogens is 1. The van der Waals surface area contributed by atoms with Crippen molar-refractivity contribution in [2.24, 2.45) is 4.99 Å². The number of aliphatic hydroxyl groups excluding tert-OH is 1. The average Bonchev–Trinajstić information content (AvgIpc) is 3.10. The fourth-order valence-electron chi connectivity index (χ4n) is 2.85. The van der Waals surface area contributed by atoms with Gasteiger partial charge in [-0.3, -0.25) is 9.56 Å². The molecular weight excluding hydrogens is 356 g/mol. The molecule has 0 aliphatic rings. The second-order valence-electron chi connectivity index (χ2n) is 6.14. The van der Waals surface area contributed by atoms with Crippen molar-refractivity contribution in [3.63, 3.8) is 0 Å². The fraction of sp³-hybridized carbons (Fsp3) is 0.136. The van der Waals surface area contributed by atoms with E-state index < -0.39 is 6.10 Å². The molecular formula is C22H20N2O2S. The fourth-order valence-corrected chi connectivity index (χ4v) is 3.89. The molecule has 27 heavy (non-hydrogen) atoms. The smallest absolute Gasteiger partial charge is 0.190 e. The first-order valence-electron chi connectivity index (χ1n) is 8.84. The largest absolute Gasteiger partial charge is 0.491 e. The van der Waals surface area contributed by atoms with E-state index in [9.17, 15) is 5.11 Å². The van der Waals surface area contributed by atoms with E-state index in [1.807, 2.05) is 60.7 Å². The molecule has 136 valence electrons. The van der Waals surface area contributed by atoms with Gasteiger partial charge >= 0.3 is 0 Å². The van der Waals surface area contributed by atoms with E-state index in [1.165, 1.54) is 0 Å². The zero-order valence-electron chi connectivity index (χ0n) is 14.7. The van der Waals surface area contributed by atoms with E-state index in [2.05, 4.69) is 33.8 Å². The molecule has 1 unspecified atom stereocenters. The molecule has 0 amide bonds. The van der Waals surface area contributed by atoms with Gasteiger partial charge in [-0.05, 0) is 36.4 Å². The SMILES string of the molecule is OC(CN=c1sc2ccccc2n1-c1ccccc1)COc1ccccc1. The summed E-state index contributed by atoms with van der Waals surface area (Å²) < 4.78 is 8.91. The summed E-state index contributed by atoms with van der Waals surface area (Å²) in [6.45, 7) is 0.496. The Labute approximate surface area is 161 Å². The predicted octanol–water partition coefficient (Wildman–Crippen LogP) is 4.03. The lowest BCUT2D eigenvalue weighted by Crippen LogP contribution is -2.23. The lowest BCUT2D eigenvalue weighted by atomic mass is 10.3. The molecule has 1 atom stereocenters. The maximum atomic E-state index is 10.3. The number of aliphatic hydroxyl groups is 1. The number of ether oxygens (including phenoxy) is 1. The normalized spacial score (nSPS) is 13.0. The molecule has 0 saturated heterocycles. The van der Waals surface area contributed by atoms with Crippen molar-refractivity contribution in [2.75, 3.05) is 13.2 Å². The van der Waals surface area contributed by atoms with Crippen molar-refractivity contribution in [1.82, 2.24) is 4.57 Å². The lowest BCUT2D eigenvalue weighted by Gasteiger charge is -2.10. The average molecular weight is 376 g/mol. The second kappa shape index (κ2) is 8.20. The number of hydrogen-bond acceptors (Lipinski definition) is 4. The van der Waals surface area contributed by atoms with Gasteiger partial charge in [0.1, 0.15) is 18.5 Å². The van der Waals surface area contributed by atoms with Crippen LogP contribution in [0.25, 0.3) is 15.9 Å². The van der Waals surface area contributed by atoms with Gasteiger partial charge in [0, 0.05) is 5.69 Å². The van der Waals surface area contributed by atoms with Gasteiger partial charge in [-0.25, -0.2) is 0 Å². The number of benzene rings is 3. The number of thiazole rings is 1. The third-order valence-corrected chi connectivity index (χ3v) is 5.20. The van der Waals surface area contributed by atoms with Gasteiger partial charge in [-0.1, -0.05) is 59.9 Å². The maximum absolute atomic E-state index is 10.3. The Morgan fingerprint density at radius 2 is 1.56 bits per heavy atom. The summed E-state index contributed by atoms with van der Waals surface area (Å²) in [6, 6.07) is 27.9. The highest BCUT2D eigenvalue weighted by Gasteiger charge is 2.09. The first-order chi connectivity index (χ1) is 13.3. The van der Waals surface area contributed by atoms with Gasteiger partial charge in [0.2, 0.25) is 0 Å². The summed E-state index contributed by atoms with van der Waals surface area (Å²) in [7, 11) is 0. The first-order valence-corrected chi connectivity index (χ1v) is 9.65. The monoisotopic (exact) mass is 376 g/mol. The molecule has 0 fully saturated rings. The molecule has 4 aromatic rings. The van der Waals surface area contributed by atoms with Gasteiger partial charge in [-0.15, -0.1) is 0 Å². The van der Waals surface area contributed by atoms with Crippen LogP contribution in [0.1, 0.15) is 0 Å². The van der Waals surface area contributed by atoms with E-state index in [0.29, 0.717) is 0 Å². The lowest BCUT2D eigenvalue weighted by molar-refractivity contribution is 0.114. The van der Waals surface area contributed by atoms with Gasteiger partial charge in [0.15, 0.2) is 4.80 Å². The molecule has 4 nitrogen and oxygen atoms in total. The molecule has 1 aromatic heterocycles. The molecule has 0 aliphatic carbocycles. The summed E-state index contributed by atoms with van der Waals surface area (Å²) in [5.41, 5.74) is 2.17. The number of para-hydroxylation sites is 3. The summed E-state index contributed by atoms with van der Waals surface area (Å²) >= 11 is 1.62. The quantitative estimate of drug-likeness (QED) is 0.552. The Hall–Kier alpha value is -2.89. The number of rotatable bonds is 6. The highest BCUT2D eigenvalue weighted by atomic mass is 32.1. The van der Waals surface area contributed by atoms with E-state index >= 15 is 0 Å². The minimum atomic E-state index is -0.667. The molecule has 0 spiro atoms. The highest BCUT2D eigenvalue weighted by molar-refractivity contribution is 7.16. The van der Waals surface area contributed by atoms with Crippen molar-refractivity contribution in [1.29, 1.82) is 0 Å². The maximum Gasteiger partial charge on any atom is 0.190 e. The van der Waals surface area contributed by atoms with Crippen LogP contribution in [-0.4, -0.2) is 28.9 Å². The second-order valence-corrected chi connectivity index (χ2v) is 7.15. The summed E-state index contributed by atoms with van der Waals surface area (Å²) in [5, 5.41) is 10.3. The van der Waals surface area contributed by atoms with Crippen LogP contribution in [0.5, 0.6) is 5.75 Å². The van der Waals surface area contributed by atoms with Crippen LogP contribution in [0.15, 0.2) is 89.9 Å². The van der Waals surface area contributed by atoms with Crippen molar-refractivity contribution < 1.29 is 9.84 Å². The first kappa shape index (κ1) is 17.5. The molecule has 0 radical (unpaired) electrons. The number of hydrogen-bond donors (Lipinski definition) is 1. The van der Waals surface area contributed by atoms with Crippen molar-refractivity contribution in [3.8, 4) is 11.4 Å². The van der Waals surface area contributed by atoms with E-state index in [-0.39, 0.29) is 13.2 Å². The van der Waals surface area contributed by atoms with Crippen LogP contribution in [-0.2, 0) is 0 Å². The van der Waals surface area contributed by atoms with Gasteiger partial charge in [0.05, 0.1) is 16.8 Å².